The van der Waals surface area contributed by atoms with E-state index in [1.165, 1.54) is 19.5 Å². The first-order valence-corrected chi connectivity index (χ1v) is 11.0. The van der Waals surface area contributed by atoms with E-state index in [1.54, 1.807) is 21.3 Å². The van der Waals surface area contributed by atoms with Gasteiger partial charge in [0.2, 0.25) is 5.75 Å². The number of rotatable bonds is 10. The number of nitrogens with one attached hydrogen (secondary N) is 2. The van der Waals surface area contributed by atoms with E-state index in [1.807, 2.05) is 12.1 Å². The number of benzene rings is 1. The van der Waals surface area contributed by atoms with E-state index in [4.69, 9.17) is 19.2 Å². The first-order chi connectivity index (χ1) is 14.5. The Bertz CT molecular complexity index is 652. The average molecular weight is 549 g/mol. The molecule has 0 aliphatic carbocycles. The van der Waals surface area contributed by atoms with Crippen molar-refractivity contribution in [1.29, 1.82) is 0 Å². The summed E-state index contributed by atoms with van der Waals surface area (Å²) in [5, 5.41) is 6.78. The van der Waals surface area contributed by atoms with Crippen LogP contribution in [0.2, 0.25) is 0 Å². The molecule has 0 bridgehead atoms. The fraction of sp³-hybridized carbons (Fsp3) is 0.696. The van der Waals surface area contributed by atoms with Crippen LogP contribution < -0.4 is 24.8 Å². The minimum absolute atomic E-state index is 0. The molecule has 2 N–H and O–H groups in total. The predicted molar refractivity (Wildman–Crippen MR) is 138 cm³/mol. The Labute approximate surface area is 205 Å². The number of halogens is 1. The van der Waals surface area contributed by atoms with Gasteiger partial charge in [0.05, 0.1) is 27.9 Å². The minimum atomic E-state index is 0. The molecule has 0 spiro atoms. The zero-order valence-corrected chi connectivity index (χ0v) is 22.3. The van der Waals surface area contributed by atoms with Crippen LogP contribution in [0.5, 0.6) is 17.2 Å². The van der Waals surface area contributed by atoms with Crippen molar-refractivity contribution in [1.82, 2.24) is 15.5 Å². The van der Waals surface area contributed by atoms with E-state index >= 15 is 0 Å². The third kappa shape index (κ3) is 8.92. The van der Waals surface area contributed by atoms with Crippen LogP contribution in [0, 0.1) is 11.8 Å². The van der Waals surface area contributed by atoms with Gasteiger partial charge in [-0.2, -0.15) is 0 Å². The fourth-order valence-corrected chi connectivity index (χ4v) is 4.22. The second-order valence-corrected chi connectivity index (χ2v) is 8.21. The molecule has 2 rings (SSSR count). The lowest BCUT2D eigenvalue weighted by Gasteiger charge is -2.35. The van der Waals surface area contributed by atoms with Crippen LogP contribution in [0.15, 0.2) is 17.1 Å². The number of hydrogen-bond donors (Lipinski definition) is 2. The number of methoxy groups -OCH3 is 3. The van der Waals surface area contributed by atoms with Crippen LogP contribution in [-0.4, -0.2) is 64.9 Å². The summed E-state index contributed by atoms with van der Waals surface area (Å²) in [5.74, 6) is 4.32. The Morgan fingerprint density at radius 1 is 1.03 bits per heavy atom. The summed E-state index contributed by atoms with van der Waals surface area (Å²) >= 11 is 0. The molecule has 1 aromatic rings. The lowest BCUT2D eigenvalue weighted by Crippen LogP contribution is -2.41. The molecule has 1 aliphatic rings. The van der Waals surface area contributed by atoms with Crippen molar-refractivity contribution in [2.24, 2.45) is 16.8 Å². The van der Waals surface area contributed by atoms with Gasteiger partial charge in [-0.3, -0.25) is 0 Å². The summed E-state index contributed by atoms with van der Waals surface area (Å²) in [5.41, 5.74) is 0.998. The zero-order chi connectivity index (χ0) is 21.9. The van der Waals surface area contributed by atoms with E-state index < -0.39 is 0 Å². The standard InChI is InChI=1S/C23H40N4O3.HI/c1-7-24-23(25-9-8-10-27-15-17(2)11-18(3)16-27)26-14-19-12-20(28-4)22(30-6)21(13-19)29-5;/h12-13,17-18H,7-11,14-16H2,1-6H3,(H2,24,25,26);1H. The average Bonchev–Trinajstić information content (AvgIpc) is 2.73. The quantitative estimate of drug-likeness (QED) is 0.201. The number of hydrogen-bond acceptors (Lipinski definition) is 5. The number of aliphatic imine (C=N–C) groups is 1. The molecule has 0 saturated carbocycles. The number of guanidine groups is 1. The minimum Gasteiger partial charge on any atom is -0.493 e. The van der Waals surface area contributed by atoms with Gasteiger partial charge in [-0.05, 0) is 55.8 Å². The number of ether oxygens (including phenoxy) is 3. The van der Waals surface area contributed by atoms with Gasteiger partial charge in [-0.1, -0.05) is 13.8 Å². The van der Waals surface area contributed by atoms with Gasteiger partial charge in [0.1, 0.15) is 0 Å². The maximum Gasteiger partial charge on any atom is 0.203 e. The van der Waals surface area contributed by atoms with Crippen molar-refractivity contribution in [2.45, 2.75) is 40.2 Å². The SMILES string of the molecule is CCNC(=NCc1cc(OC)c(OC)c(OC)c1)NCCCN1CC(C)CC(C)C1.I. The highest BCUT2D eigenvalue weighted by molar-refractivity contribution is 14.0. The highest BCUT2D eigenvalue weighted by Gasteiger charge is 2.21. The first-order valence-electron chi connectivity index (χ1n) is 11.0. The van der Waals surface area contributed by atoms with Crippen LogP contribution in [0.4, 0.5) is 0 Å². The van der Waals surface area contributed by atoms with Crippen LogP contribution >= 0.6 is 24.0 Å². The predicted octanol–water partition coefficient (Wildman–Crippen LogP) is 3.75. The second kappa shape index (κ2) is 14.6. The van der Waals surface area contributed by atoms with Gasteiger partial charge in [0, 0.05) is 26.2 Å². The third-order valence-corrected chi connectivity index (χ3v) is 5.38. The molecule has 1 saturated heterocycles. The van der Waals surface area contributed by atoms with Gasteiger partial charge in [-0.15, -0.1) is 24.0 Å². The molecular formula is C23H41IN4O3. The number of piperidine rings is 1. The van der Waals surface area contributed by atoms with Crippen LogP contribution in [0.25, 0.3) is 0 Å². The number of nitrogens with zero attached hydrogens (tertiary/aromatic N) is 2. The maximum atomic E-state index is 5.44. The summed E-state index contributed by atoms with van der Waals surface area (Å²) in [6.45, 7) is 12.6. The van der Waals surface area contributed by atoms with E-state index in [0.29, 0.717) is 23.8 Å². The topological polar surface area (TPSA) is 67.4 Å². The Kier molecular flexibility index (Phi) is 13.0. The molecule has 2 atom stereocenters. The third-order valence-electron chi connectivity index (χ3n) is 5.38. The van der Waals surface area contributed by atoms with Crippen molar-refractivity contribution in [3.05, 3.63) is 17.7 Å². The lowest BCUT2D eigenvalue weighted by atomic mass is 9.92. The Balaban J connectivity index is 0.00000480. The second-order valence-electron chi connectivity index (χ2n) is 8.21. The summed E-state index contributed by atoms with van der Waals surface area (Å²) in [7, 11) is 4.86. The molecule has 1 fully saturated rings. The molecule has 178 valence electrons. The smallest absolute Gasteiger partial charge is 0.203 e. The van der Waals surface area contributed by atoms with Gasteiger partial charge >= 0.3 is 0 Å². The molecule has 2 unspecified atom stereocenters. The van der Waals surface area contributed by atoms with E-state index in [2.05, 4.69) is 36.3 Å². The Morgan fingerprint density at radius 3 is 2.16 bits per heavy atom. The van der Waals surface area contributed by atoms with Crippen molar-refractivity contribution in [3.8, 4) is 17.2 Å². The lowest BCUT2D eigenvalue weighted by molar-refractivity contribution is 0.140. The molecule has 1 aliphatic heterocycles. The van der Waals surface area contributed by atoms with Crippen molar-refractivity contribution < 1.29 is 14.2 Å². The molecule has 0 aromatic heterocycles. The molecule has 8 heteroatoms. The summed E-state index contributed by atoms with van der Waals surface area (Å²) < 4.78 is 16.3. The van der Waals surface area contributed by atoms with Crippen molar-refractivity contribution in [3.63, 3.8) is 0 Å². The van der Waals surface area contributed by atoms with Gasteiger partial charge in [-0.25, -0.2) is 4.99 Å². The van der Waals surface area contributed by atoms with Crippen LogP contribution in [0.3, 0.4) is 0 Å². The number of likely N-dealkylation sites (tertiary alicyclic amines) is 1. The molecule has 0 radical (unpaired) electrons. The van der Waals surface area contributed by atoms with E-state index in [0.717, 1.165) is 49.4 Å². The molecule has 1 aromatic carbocycles. The van der Waals surface area contributed by atoms with Crippen LogP contribution in [-0.2, 0) is 6.54 Å². The van der Waals surface area contributed by atoms with Crippen molar-refractivity contribution >= 4 is 29.9 Å². The van der Waals surface area contributed by atoms with E-state index in [9.17, 15) is 0 Å². The largest absolute Gasteiger partial charge is 0.493 e. The van der Waals surface area contributed by atoms with Gasteiger partial charge < -0.3 is 29.7 Å². The van der Waals surface area contributed by atoms with Gasteiger partial charge in [0.15, 0.2) is 17.5 Å². The van der Waals surface area contributed by atoms with Crippen LogP contribution in [0.1, 0.15) is 39.2 Å². The maximum absolute atomic E-state index is 5.44. The molecular weight excluding hydrogens is 507 g/mol. The molecule has 0 amide bonds. The summed E-state index contributed by atoms with van der Waals surface area (Å²) in [4.78, 5) is 7.33. The summed E-state index contributed by atoms with van der Waals surface area (Å²) in [6, 6.07) is 3.88. The molecule has 7 nitrogen and oxygen atoms in total. The monoisotopic (exact) mass is 548 g/mol. The molecule has 1 heterocycles. The highest BCUT2D eigenvalue weighted by atomic mass is 127. The summed E-state index contributed by atoms with van der Waals surface area (Å²) in [6.07, 6.45) is 2.46. The molecule has 31 heavy (non-hydrogen) atoms. The van der Waals surface area contributed by atoms with Crippen molar-refractivity contribution in [2.75, 3.05) is 54.1 Å². The fourth-order valence-electron chi connectivity index (χ4n) is 4.22. The zero-order valence-electron chi connectivity index (χ0n) is 20.0. The Hall–Kier alpha value is -1.42. The van der Waals surface area contributed by atoms with Gasteiger partial charge in [0.25, 0.3) is 0 Å². The first kappa shape index (κ1) is 27.6. The Morgan fingerprint density at radius 2 is 1.65 bits per heavy atom. The normalized spacial score (nSPS) is 19.4. The highest BCUT2D eigenvalue weighted by Crippen LogP contribution is 2.38. The van der Waals surface area contributed by atoms with E-state index in [-0.39, 0.29) is 24.0 Å².